The first kappa shape index (κ1) is 11.1. The second-order valence-electron chi connectivity index (χ2n) is 2.86. The summed E-state index contributed by atoms with van der Waals surface area (Å²) in [5, 5.41) is 8.54. The lowest BCUT2D eigenvalue weighted by Gasteiger charge is -2.07. The molecule has 0 saturated heterocycles. The molecule has 1 aromatic carbocycles. The molecule has 0 spiro atoms. The Kier molecular flexibility index (Phi) is 3.69. The molecule has 4 heteroatoms. The molecule has 0 aliphatic heterocycles. The molecular formula is C11H11NO3. The van der Waals surface area contributed by atoms with Crippen molar-refractivity contribution in [2.45, 2.75) is 6.42 Å². The van der Waals surface area contributed by atoms with Gasteiger partial charge >= 0.3 is 5.97 Å². The molecule has 0 heterocycles. The topological polar surface area (TPSA) is 59.3 Å². The van der Waals surface area contributed by atoms with E-state index in [1.165, 1.54) is 14.2 Å². The first-order valence-corrected chi connectivity index (χ1v) is 4.35. The summed E-state index contributed by atoms with van der Waals surface area (Å²) < 4.78 is 9.63. The van der Waals surface area contributed by atoms with Gasteiger partial charge in [-0.25, -0.2) is 4.79 Å². The van der Waals surface area contributed by atoms with Crippen molar-refractivity contribution < 1.29 is 14.3 Å². The molecule has 0 amide bonds. The first-order chi connectivity index (χ1) is 7.22. The molecular weight excluding hydrogens is 194 g/mol. The summed E-state index contributed by atoms with van der Waals surface area (Å²) in [5.41, 5.74) is 1.10. The molecule has 0 saturated carbocycles. The van der Waals surface area contributed by atoms with Crippen LogP contribution in [0.15, 0.2) is 18.2 Å². The van der Waals surface area contributed by atoms with E-state index in [0.29, 0.717) is 11.3 Å². The van der Waals surface area contributed by atoms with Crippen LogP contribution in [-0.2, 0) is 11.2 Å². The monoisotopic (exact) mass is 205 g/mol. The van der Waals surface area contributed by atoms with Crippen LogP contribution >= 0.6 is 0 Å². The predicted octanol–water partition coefficient (Wildman–Crippen LogP) is 1.55. The highest BCUT2D eigenvalue weighted by Crippen LogP contribution is 2.20. The van der Waals surface area contributed by atoms with Crippen LogP contribution in [0.2, 0.25) is 0 Å². The Morgan fingerprint density at radius 1 is 1.47 bits per heavy atom. The van der Waals surface area contributed by atoms with Crippen LogP contribution in [0, 0.1) is 11.3 Å². The smallest absolute Gasteiger partial charge is 0.341 e. The SMILES string of the molecule is COC(=O)c1cc(CC#N)ccc1OC. The van der Waals surface area contributed by atoms with Gasteiger partial charge in [-0.3, -0.25) is 0 Å². The number of carbonyl (C=O) groups is 1. The molecule has 0 atom stereocenters. The fourth-order valence-corrected chi connectivity index (χ4v) is 1.23. The molecule has 1 aromatic rings. The third-order valence-electron chi connectivity index (χ3n) is 1.95. The number of hydrogen-bond acceptors (Lipinski definition) is 4. The minimum atomic E-state index is -0.466. The summed E-state index contributed by atoms with van der Waals surface area (Å²) >= 11 is 0. The number of methoxy groups -OCH3 is 2. The second kappa shape index (κ2) is 5.01. The maximum Gasteiger partial charge on any atom is 0.341 e. The van der Waals surface area contributed by atoms with Gasteiger partial charge in [0.25, 0.3) is 0 Å². The van der Waals surface area contributed by atoms with Crippen LogP contribution in [0.1, 0.15) is 15.9 Å². The number of nitrogens with zero attached hydrogens (tertiary/aromatic N) is 1. The highest BCUT2D eigenvalue weighted by atomic mass is 16.5. The Hall–Kier alpha value is -2.02. The van der Waals surface area contributed by atoms with Crippen molar-refractivity contribution in [1.82, 2.24) is 0 Å². The van der Waals surface area contributed by atoms with Gasteiger partial charge in [-0.2, -0.15) is 5.26 Å². The highest BCUT2D eigenvalue weighted by Gasteiger charge is 2.12. The summed E-state index contributed by atoms with van der Waals surface area (Å²) in [5.74, 6) is -0.0184. The normalized spacial score (nSPS) is 9.13. The molecule has 0 aliphatic rings. The van der Waals surface area contributed by atoms with E-state index in [0.717, 1.165) is 5.56 Å². The Balaban J connectivity index is 3.14. The number of carbonyl (C=O) groups excluding carboxylic acids is 1. The second-order valence-corrected chi connectivity index (χ2v) is 2.86. The van der Waals surface area contributed by atoms with E-state index >= 15 is 0 Å². The van der Waals surface area contributed by atoms with Crippen molar-refractivity contribution in [3.8, 4) is 11.8 Å². The third-order valence-corrected chi connectivity index (χ3v) is 1.95. The van der Waals surface area contributed by atoms with E-state index in [9.17, 15) is 4.79 Å². The molecule has 0 aromatic heterocycles. The van der Waals surface area contributed by atoms with Gasteiger partial charge in [-0.1, -0.05) is 6.07 Å². The van der Waals surface area contributed by atoms with Gasteiger partial charge in [0.2, 0.25) is 0 Å². The molecule has 1 rings (SSSR count). The van der Waals surface area contributed by atoms with Gasteiger partial charge < -0.3 is 9.47 Å². The van der Waals surface area contributed by atoms with Crippen molar-refractivity contribution in [3.63, 3.8) is 0 Å². The van der Waals surface area contributed by atoms with E-state index in [1.54, 1.807) is 18.2 Å². The largest absolute Gasteiger partial charge is 0.496 e. The van der Waals surface area contributed by atoms with Crippen LogP contribution < -0.4 is 4.74 Å². The molecule has 78 valence electrons. The lowest BCUT2D eigenvalue weighted by atomic mass is 10.1. The molecule has 0 bridgehead atoms. The lowest BCUT2D eigenvalue weighted by molar-refractivity contribution is 0.0597. The summed E-state index contributed by atoms with van der Waals surface area (Å²) in [4.78, 5) is 11.4. The highest BCUT2D eigenvalue weighted by molar-refractivity contribution is 5.92. The Bertz CT molecular complexity index is 407. The van der Waals surface area contributed by atoms with Crippen LogP contribution in [0.4, 0.5) is 0 Å². The molecule has 0 fully saturated rings. The van der Waals surface area contributed by atoms with E-state index in [1.807, 2.05) is 6.07 Å². The Morgan fingerprint density at radius 2 is 2.20 bits per heavy atom. The van der Waals surface area contributed by atoms with Gasteiger partial charge in [0.15, 0.2) is 0 Å². The minimum Gasteiger partial charge on any atom is -0.496 e. The van der Waals surface area contributed by atoms with Gasteiger partial charge in [-0.05, 0) is 17.7 Å². The third kappa shape index (κ3) is 2.47. The van der Waals surface area contributed by atoms with Crippen molar-refractivity contribution in [2.24, 2.45) is 0 Å². The fourth-order valence-electron chi connectivity index (χ4n) is 1.23. The van der Waals surface area contributed by atoms with Crippen molar-refractivity contribution in [3.05, 3.63) is 29.3 Å². The quantitative estimate of drug-likeness (QED) is 0.702. The van der Waals surface area contributed by atoms with Gasteiger partial charge in [0, 0.05) is 0 Å². The molecule has 4 nitrogen and oxygen atoms in total. The van der Waals surface area contributed by atoms with Gasteiger partial charge in [-0.15, -0.1) is 0 Å². The zero-order valence-corrected chi connectivity index (χ0v) is 8.61. The fraction of sp³-hybridized carbons (Fsp3) is 0.273. The summed E-state index contributed by atoms with van der Waals surface area (Å²) in [6.45, 7) is 0. The standard InChI is InChI=1S/C11H11NO3/c1-14-10-4-3-8(5-6-12)7-9(10)11(13)15-2/h3-4,7H,5H2,1-2H3. The lowest BCUT2D eigenvalue weighted by Crippen LogP contribution is -2.04. The zero-order valence-electron chi connectivity index (χ0n) is 8.61. The minimum absolute atomic E-state index is 0.258. The number of esters is 1. The van der Waals surface area contributed by atoms with E-state index in [2.05, 4.69) is 4.74 Å². The average molecular weight is 205 g/mol. The van der Waals surface area contributed by atoms with Gasteiger partial charge in [0.1, 0.15) is 11.3 Å². The van der Waals surface area contributed by atoms with Crippen LogP contribution in [0.5, 0.6) is 5.75 Å². The number of ether oxygens (including phenoxy) is 2. The average Bonchev–Trinajstić information content (AvgIpc) is 2.28. The maximum atomic E-state index is 11.4. The Morgan fingerprint density at radius 3 is 2.73 bits per heavy atom. The van der Waals surface area contributed by atoms with Crippen molar-refractivity contribution in [2.75, 3.05) is 14.2 Å². The molecule has 0 aliphatic carbocycles. The molecule has 0 radical (unpaired) electrons. The number of hydrogen-bond donors (Lipinski definition) is 0. The maximum absolute atomic E-state index is 11.4. The zero-order chi connectivity index (χ0) is 11.3. The summed E-state index contributed by atoms with van der Waals surface area (Å²) in [6, 6.07) is 7.01. The van der Waals surface area contributed by atoms with Crippen LogP contribution in [-0.4, -0.2) is 20.2 Å². The van der Waals surface area contributed by atoms with Gasteiger partial charge in [0.05, 0.1) is 26.7 Å². The Labute approximate surface area is 88.0 Å². The van der Waals surface area contributed by atoms with Crippen LogP contribution in [0.3, 0.4) is 0 Å². The first-order valence-electron chi connectivity index (χ1n) is 4.35. The molecule has 0 N–H and O–H groups in total. The van der Waals surface area contributed by atoms with Crippen molar-refractivity contribution >= 4 is 5.97 Å². The molecule has 15 heavy (non-hydrogen) atoms. The van der Waals surface area contributed by atoms with E-state index < -0.39 is 5.97 Å². The van der Waals surface area contributed by atoms with Crippen molar-refractivity contribution in [1.29, 1.82) is 5.26 Å². The number of benzene rings is 1. The van der Waals surface area contributed by atoms with E-state index in [-0.39, 0.29) is 6.42 Å². The predicted molar refractivity (Wildman–Crippen MR) is 53.7 cm³/mol. The summed E-state index contributed by atoms with van der Waals surface area (Å²) in [7, 11) is 2.78. The van der Waals surface area contributed by atoms with Crippen LogP contribution in [0.25, 0.3) is 0 Å². The van der Waals surface area contributed by atoms with E-state index in [4.69, 9.17) is 10.00 Å². The number of nitriles is 1. The molecule has 0 unspecified atom stereocenters. The summed E-state index contributed by atoms with van der Waals surface area (Å²) in [6.07, 6.45) is 0.258. The number of rotatable bonds is 3.